The first-order chi connectivity index (χ1) is 13.4. The van der Waals surface area contributed by atoms with Gasteiger partial charge in [0.05, 0.1) is 22.8 Å². The first kappa shape index (κ1) is 19.5. The molecule has 0 fully saturated rings. The molecule has 2 N–H and O–H groups in total. The number of hydrogen-bond donors (Lipinski definition) is 2. The van der Waals surface area contributed by atoms with Gasteiger partial charge < -0.3 is 10.4 Å². The highest BCUT2D eigenvalue weighted by Crippen LogP contribution is 2.26. The first-order valence-electron chi connectivity index (χ1n) is 9.32. The molecule has 7 heteroatoms. The fraction of sp³-hybridized carbons (Fsp3) is 0.333. The van der Waals surface area contributed by atoms with Crippen molar-refractivity contribution in [3.05, 3.63) is 47.7 Å². The van der Waals surface area contributed by atoms with E-state index in [9.17, 15) is 9.59 Å². The van der Waals surface area contributed by atoms with E-state index in [0.717, 1.165) is 11.1 Å². The molecule has 0 radical (unpaired) electrons. The lowest BCUT2D eigenvalue weighted by Gasteiger charge is -2.11. The van der Waals surface area contributed by atoms with Gasteiger partial charge in [0.2, 0.25) is 0 Å². The van der Waals surface area contributed by atoms with E-state index in [0.29, 0.717) is 35.3 Å². The van der Waals surface area contributed by atoms with Crippen molar-refractivity contribution in [2.45, 2.75) is 39.7 Å². The highest BCUT2D eigenvalue weighted by atomic mass is 16.4. The van der Waals surface area contributed by atoms with Crippen LogP contribution < -0.4 is 5.32 Å². The van der Waals surface area contributed by atoms with Crippen LogP contribution in [-0.2, 0) is 4.79 Å². The lowest BCUT2D eigenvalue weighted by Crippen LogP contribution is -2.25. The van der Waals surface area contributed by atoms with Crippen LogP contribution in [0.1, 0.15) is 48.7 Å². The zero-order valence-corrected chi connectivity index (χ0v) is 16.3. The number of hydrogen-bond acceptors (Lipinski definition) is 4. The minimum atomic E-state index is -0.875. The Morgan fingerprint density at radius 3 is 2.57 bits per heavy atom. The number of fused-ring (bicyclic) bond motifs is 1. The fourth-order valence-electron chi connectivity index (χ4n) is 2.99. The van der Waals surface area contributed by atoms with Crippen LogP contribution in [0, 0.1) is 6.92 Å². The van der Waals surface area contributed by atoms with Crippen LogP contribution in [0.4, 0.5) is 0 Å². The predicted octanol–water partition coefficient (Wildman–Crippen LogP) is 3.58. The number of carboxylic acids is 1. The molecule has 1 aromatic carbocycles. The zero-order valence-electron chi connectivity index (χ0n) is 16.3. The number of benzene rings is 1. The van der Waals surface area contributed by atoms with E-state index in [1.165, 1.54) is 0 Å². The van der Waals surface area contributed by atoms with Crippen LogP contribution in [-0.4, -0.2) is 38.3 Å². The second kappa shape index (κ2) is 8.21. The number of carbonyl (C=O) groups excluding carboxylic acids is 1. The summed E-state index contributed by atoms with van der Waals surface area (Å²) in [6, 6.07) is 9.84. The van der Waals surface area contributed by atoms with Gasteiger partial charge in [-0.3, -0.25) is 9.59 Å². The average molecular weight is 380 g/mol. The normalized spacial score (nSPS) is 11.1. The van der Waals surface area contributed by atoms with Crippen LogP contribution in [0.25, 0.3) is 22.3 Å². The summed E-state index contributed by atoms with van der Waals surface area (Å²) in [5.74, 6) is -1.13. The Hall–Kier alpha value is -3.22. The molecule has 7 nitrogen and oxygen atoms in total. The standard InChI is InChI=1S/C21H24N4O3/c1-13(2)25-20-17(12-23-25)16(21(28)22-10-4-5-19(26)27)11-18(24-20)15-8-6-14(3)7-9-15/h6-9,11-13H,4-5,10H2,1-3H3,(H,22,28)(H,26,27). The Kier molecular flexibility index (Phi) is 5.73. The van der Waals surface area contributed by atoms with Gasteiger partial charge >= 0.3 is 5.97 Å². The topological polar surface area (TPSA) is 97.1 Å². The minimum absolute atomic E-state index is 0.0198. The zero-order chi connectivity index (χ0) is 20.3. The van der Waals surface area contributed by atoms with E-state index >= 15 is 0 Å². The number of carbonyl (C=O) groups is 2. The van der Waals surface area contributed by atoms with E-state index in [1.54, 1.807) is 16.9 Å². The lowest BCUT2D eigenvalue weighted by molar-refractivity contribution is -0.137. The lowest BCUT2D eigenvalue weighted by atomic mass is 10.0. The molecule has 0 aliphatic rings. The molecule has 28 heavy (non-hydrogen) atoms. The largest absolute Gasteiger partial charge is 0.481 e. The van der Waals surface area contributed by atoms with Crippen LogP contribution in [0.5, 0.6) is 0 Å². The number of nitrogens with one attached hydrogen (secondary N) is 1. The van der Waals surface area contributed by atoms with Crippen molar-refractivity contribution >= 4 is 22.9 Å². The third-order valence-electron chi connectivity index (χ3n) is 4.50. The number of carboxylic acid groups (broad SMARTS) is 1. The summed E-state index contributed by atoms with van der Waals surface area (Å²) >= 11 is 0. The molecule has 0 unspecified atom stereocenters. The van der Waals surface area contributed by atoms with Crippen molar-refractivity contribution in [1.29, 1.82) is 0 Å². The van der Waals surface area contributed by atoms with Gasteiger partial charge in [0.15, 0.2) is 5.65 Å². The molecule has 0 spiro atoms. The molecular formula is C21H24N4O3. The fourth-order valence-corrected chi connectivity index (χ4v) is 2.99. The van der Waals surface area contributed by atoms with Crippen LogP contribution >= 0.6 is 0 Å². The summed E-state index contributed by atoms with van der Waals surface area (Å²) < 4.78 is 1.80. The van der Waals surface area contributed by atoms with Gasteiger partial charge in [-0.25, -0.2) is 9.67 Å². The molecule has 0 aliphatic heterocycles. The van der Waals surface area contributed by atoms with Crippen molar-refractivity contribution in [3.63, 3.8) is 0 Å². The SMILES string of the molecule is Cc1ccc(-c2cc(C(=O)NCCCC(=O)O)c3cnn(C(C)C)c3n2)cc1. The number of nitrogens with zero attached hydrogens (tertiary/aromatic N) is 3. The van der Waals surface area contributed by atoms with Crippen LogP contribution in [0.2, 0.25) is 0 Å². The summed E-state index contributed by atoms with van der Waals surface area (Å²) in [5, 5.41) is 16.6. The van der Waals surface area contributed by atoms with Gasteiger partial charge in [-0.1, -0.05) is 29.8 Å². The van der Waals surface area contributed by atoms with Crippen molar-refractivity contribution in [1.82, 2.24) is 20.1 Å². The minimum Gasteiger partial charge on any atom is -0.481 e. The van der Waals surface area contributed by atoms with Gasteiger partial charge in [0.1, 0.15) is 0 Å². The molecule has 3 aromatic rings. The second-order valence-corrected chi connectivity index (χ2v) is 7.09. The molecule has 146 valence electrons. The van der Waals surface area contributed by atoms with E-state index in [4.69, 9.17) is 10.1 Å². The Morgan fingerprint density at radius 1 is 1.21 bits per heavy atom. The van der Waals surface area contributed by atoms with Gasteiger partial charge in [0, 0.05) is 24.6 Å². The summed E-state index contributed by atoms with van der Waals surface area (Å²) in [7, 11) is 0. The van der Waals surface area contributed by atoms with E-state index < -0.39 is 5.97 Å². The van der Waals surface area contributed by atoms with Crippen molar-refractivity contribution in [2.75, 3.05) is 6.54 Å². The van der Waals surface area contributed by atoms with Crippen molar-refractivity contribution < 1.29 is 14.7 Å². The summed E-state index contributed by atoms with van der Waals surface area (Å²) in [6.45, 7) is 6.34. The third kappa shape index (κ3) is 4.19. The molecule has 0 atom stereocenters. The smallest absolute Gasteiger partial charge is 0.303 e. The van der Waals surface area contributed by atoms with E-state index in [-0.39, 0.29) is 18.4 Å². The maximum absolute atomic E-state index is 12.8. The Labute approximate surface area is 163 Å². The molecular weight excluding hydrogens is 356 g/mol. The van der Waals surface area contributed by atoms with Crippen LogP contribution in [0.15, 0.2) is 36.5 Å². The quantitative estimate of drug-likeness (QED) is 0.611. The van der Waals surface area contributed by atoms with E-state index in [1.807, 2.05) is 45.0 Å². The van der Waals surface area contributed by atoms with Gasteiger partial charge in [0.25, 0.3) is 5.91 Å². The monoisotopic (exact) mass is 380 g/mol. The number of aromatic nitrogens is 3. The number of pyridine rings is 1. The predicted molar refractivity (Wildman–Crippen MR) is 107 cm³/mol. The highest BCUT2D eigenvalue weighted by molar-refractivity contribution is 6.06. The molecule has 0 bridgehead atoms. The first-order valence-corrected chi connectivity index (χ1v) is 9.32. The van der Waals surface area contributed by atoms with E-state index in [2.05, 4.69) is 10.4 Å². The molecule has 3 rings (SSSR count). The third-order valence-corrected chi connectivity index (χ3v) is 4.50. The second-order valence-electron chi connectivity index (χ2n) is 7.09. The highest BCUT2D eigenvalue weighted by Gasteiger charge is 2.18. The van der Waals surface area contributed by atoms with Gasteiger partial charge in [-0.15, -0.1) is 0 Å². The number of rotatable bonds is 7. The number of amides is 1. The Balaban J connectivity index is 2.01. The molecule has 0 saturated carbocycles. The maximum Gasteiger partial charge on any atom is 0.303 e. The Bertz CT molecular complexity index is 1010. The summed E-state index contributed by atoms with van der Waals surface area (Å²) in [5.41, 5.74) is 3.91. The van der Waals surface area contributed by atoms with Crippen molar-refractivity contribution in [2.24, 2.45) is 0 Å². The molecule has 1 amide bonds. The van der Waals surface area contributed by atoms with Crippen molar-refractivity contribution in [3.8, 4) is 11.3 Å². The molecule has 0 aliphatic carbocycles. The maximum atomic E-state index is 12.8. The van der Waals surface area contributed by atoms with Gasteiger partial charge in [-0.05, 0) is 33.3 Å². The average Bonchev–Trinajstić information content (AvgIpc) is 3.09. The molecule has 0 saturated heterocycles. The number of aryl methyl sites for hydroxylation is 1. The molecule has 2 heterocycles. The Morgan fingerprint density at radius 2 is 1.93 bits per heavy atom. The van der Waals surface area contributed by atoms with Crippen LogP contribution in [0.3, 0.4) is 0 Å². The number of aliphatic carboxylic acids is 1. The van der Waals surface area contributed by atoms with Gasteiger partial charge in [-0.2, -0.15) is 5.10 Å². The summed E-state index contributed by atoms with van der Waals surface area (Å²) in [4.78, 5) is 28.2. The summed E-state index contributed by atoms with van der Waals surface area (Å²) in [6.07, 6.45) is 2.06. The molecule has 2 aromatic heterocycles.